The van der Waals surface area contributed by atoms with Crippen LogP contribution in [0.3, 0.4) is 0 Å². The standard InChI is InChI=1S/C19H23NO2S/c1-14-5-11-17(12-6-14)23(21,22)20-13-18(20)15-7-9-16(10-8-15)19(2,3)4/h5-12,18H,13H2,1-4H3. The van der Waals surface area contributed by atoms with Crippen molar-refractivity contribution in [3.63, 3.8) is 0 Å². The van der Waals surface area contributed by atoms with Gasteiger partial charge >= 0.3 is 0 Å². The third-order valence-electron chi connectivity index (χ3n) is 4.36. The van der Waals surface area contributed by atoms with Crippen LogP contribution in [-0.4, -0.2) is 19.3 Å². The molecule has 3 rings (SSSR count). The molecule has 122 valence electrons. The van der Waals surface area contributed by atoms with Crippen LogP contribution in [0.5, 0.6) is 0 Å². The Balaban J connectivity index is 1.80. The normalized spacial score (nSPS) is 21.2. The van der Waals surface area contributed by atoms with Crippen molar-refractivity contribution in [1.29, 1.82) is 0 Å². The van der Waals surface area contributed by atoms with Crippen molar-refractivity contribution < 1.29 is 8.42 Å². The minimum atomic E-state index is -3.39. The van der Waals surface area contributed by atoms with Gasteiger partial charge < -0.3 is 0 Å². The fourth-order valence-corrected chi connectivity index (χ4v) is 4.26. The molecule has 2 aromatic rings. The zero-order valence-corrected chi connectivity index (χ0v) is 14.9. The molecule has 1 aliphatic heterocycles. The largest absolute Gasteiger partial charge is 0.243 e. The summed E-state index contributed by atoms with van der Waals surface area (Å²) in [5.41, 5.74) is 3.49. The summed E-state index contributed by atoms with van der Waals surface area (Å²) in [6.45, 7) is 9.03. The van der Waals surface area contributed by atoms with E-state index in [4.69, 9.17) is 0 Å². The highest BCUT2D eigenvalue weighted by atomic mass is 32.2. The SMILES string of the molecule is Cc1ccc(S(=O)(=O)N2CC2c2ccc(C(C)(C)C)cc2)cc1. The lowest BCUT2D eigenvalue weighted by Gasteiger charge is -2.19. The van der Waals surface area contributed by atoms with Gasteiger partial charge in [-0.1, -0.05) is 62.7 Å². The van der Waals surface area contributed by atoms with Gasteiger partial charge in [0.15, 0.2) is 0 Å². The quantitative estimate of drug-likeness (QED) is 0.797. The Morgan fingerprint density at radius 2 is 1.52 bits per heavy atom. The van der Waals surface area contributed by atoms with Crippen LogP contribution in [-0.2, 0) is 15.4 Å². The Kier molecular flexibility index (Phi) is 3.85. The summed E-state index contributed by atoms with van der Waals surface area (Å²) in [5.74, 6) is 0. The molecule has 3 nitrogen and oxygen atoms in total. The molecule has 1 heterocycles. The zero-order chi connectivity index (χ0) is 16.8. The van der Waals surface area contributed by atoms with E-state index in [0.29, 0.717) is 11.4 Å². The Bertz CT molecular complexity index is 800. The molecular formula is C19H23NO2S. The molecule has 1 aliphatic rings. The molecule has 0 radical (unpaired) electrons. The molecule has 2 aromatic carbocycles. The van der Waals surface area contributed by atoms with E-state index in [0.717, 1.165) is 11.1 Å². The Morgan fingerprint density at radius 1 is 0.957 bits per heavy atom. The average Bonchev–Trinajstić information content (AvgIpc) is 3.28. The third kappa shape index (κ3) is 3.19. The molecule has 0 amide bonds. The maximum Gasteiger partial charge on any atom is 0.243 e. The van der Waals surface area contributed by atoms with Crippen LogP contribution in [0.4, 0.5) is 0 Å². The molecule has 0 aromatic heterocycles. The van der Waals surface area contributed by atoms with Crippen molar-refractivity contribution in [2.75, 3.05) is 6.54 Å². The van der Waals surface area contributed by atoms with Crippen molar-refractivity contribution in [3.05, 3.63) is 65.2 Å². The van der Waals surface area contributed by atoms with Crippen LogP contribution in [0.25, 0.3) is 0 Å². The van der Waals surface area contributed by atoms with E-state index in [-0.39, 0.29) is 11.5 Å². The van der Waals surface area contributed by atoms with Crippen LogP contribution >= 0.6 is 0 Å². The fraction of sp³-hybridized carbons (Fsp3) is 0.368. The molecule has 4 heteroatoms. The predicted molar refractivity (Wildman–Crippen MR) is 93.0 cm³/mol. The second kappa shape index (κ2) is 5.46. The maximum absolute atomic E-state index is 12.6. The fourth-order valence-electron chi connectivity index (χ4n) is 2.71. The molecule has 1 fully saturated rings. The topological polar surface area (TPSA) is 37.1 Å². The Morgan fingerprint density at radius 3 is 2.04 bits per heavy atom. The number of rotatable bonds is 3. The summed E-state index contributed by atoms with van der Waals surface area (Å²) in [6.07, 6.45) is 0. The lowest BCUT2D eigenvalue weighted by Crippen LogP contribution is -2.13. The second-order valence-corrected chi connectivity index (χ2v) is 9.17. The van der Waals surface area contributed by atoms with E-state index in [1.54, 1.807) is 16.4 Å². The smallest absolute Gasteiger partial charge is 0.207 e. The van der Waals surface area contributed by atoms with Gasteiger partial charge in [0.2, 0.25) is 10.0 Å². The monoisotopic (exact) mass is 329 g/mol. The van der Waals surface area contributed by atoms with E-state index in [1.807, 2.05) is 19.1 Å². The molecule has 1 saturated heterocycles. The first-order valence-corrected chi connectivity index (χ1v) is 9.32. The average molecular weight is 329 g/mol. The van der Waals surface area contributed by atoms with Gasteiger partial charge in [0.1, 0.15) is 0 Å². The van der Waals surface area contributed by atoms with Crippen molar-refractivity contribution >= 4 is 10.0 Å². The highest BCUT2D eigenvalue weighted by molar-refractivity contribution is 7.89. The second-order valence-electron chi connectivity index (χ2n) is 7.28. The Labute approximate surface area is 139 Å². The summed E-state index contributed by atoms with van der Waals surface area (Å²) in [7, 11) is -3.39. The van der Waals surface area contributed by atoms with E-state index >= 15 is 0 Å². The van der Waals surface area contributed by atoms with Gasteiger partial charge in [-0.2, -0.15) is 4.31 Å². The summed E-state index contributed by atoms with van der Waals surface area (Å²) < 4.78 is 26.8. The van der Waals surface area contributed by atoms with Gasteiger partial charge in [-0.15, -0.1) is 0 Å². The molecular weight excluding hydrogens is 306 g/mol. The molecule has 0 bridgehead atoms. The summed E-state index contributed by atoms with van der Waals surface area (Å²) in [4.78, 5) is 0.372. The van der Waals surface area contributed by atoms with E-state index in [1.165, 1.54) is 5.56 Å². The van der Waals surface area contributed by atoms with Crippen LogP contribution in [0, 0.1) is 6.92 Å². The summed E-state index contributed by atoms with van der Waals surface area (Å²) in [6, 6.07) is 15.3. The van der Waals surface area contributed by atoms with E-state index < -0.39 is 10.0 Å². The van der Waals surface area contributed by atoms with Crippen molar-refractivity contribution in [1.82, 2.24) is 4.31 Å². The number of aryl methyl sites for hydroxylation is 1. The molecule has 0 aliphatic carbocycles. The minimum Gasteiger partial charge on any atom is -0.207 e. The number of benzene rings is 2. The minimum absolute atomic E-state index is 0.0321. The van der Waals surface area contributed by atoms with Gasteiger partial charge in [-0.05, 0) is 35.6 Å². The lowest BCUT2D eigenvalue weighted by molar-refractivity contribution is 0.554. The first kappa shape index (κ1) is 16.2. The first-order valence-electron chi connectivity index (χ1n) is 7.88. The third-order valence-corrected chi connectivity index (χ3v) is 6.24. The van der Waals surface area contributed by atoms with E-state index in [2.05, 4.69) is 45.0 Å². The van der Waals surface area contributed by atoms with Crippen molar-refractivity contribution in [2.24, 2.45) is 0 Å². The summed E-state index contributed by atoms with van der Waals surface area (Å²) in [5, 5.41) is 0. The van der Waals surface area contributed by atoms with Crippen LogP contribution in [0.1, 0.15) is 43.5 Å². The summed E-state index contributed by atoms with van der Waals surface area (Å²) >= 11 is 0. The number of hydrogen-bond donors (Lipinski definition) is 0. The highest BCUT2D eigenvalue weighted by Gasteiger charge is 2.45. The first-order chi connectivity index (χ1) is 10.7. The number of hydrogen-bond acceptors (Lipinski definition) is 2. The van der Waals surface area contributed by atoms with Gasteiger partial charge in [0.05, 0.1) is 10.9 Å². The highest BCUT2D eigenvalue weighted by Crippen LogP contribution is 2.40. The van der Waals surface area contributed by atoms with Gasteiger partial charge in [-0.3, -0.25) is 0 Å². The zero-order valence-electron chi connectivity index (χ0n) is 14.1. The number of nitrogens with zero attached hydrogens (tertiary/aromatic N) is 1. The molecule has 2 atom stereocenters. The van der Waals surface area contributed by atoms with Crippen LogP contribution in [0.2, 0.25) is 0 Å². The molecule has 0 spiro atoms. The Hall–Kier alpha value is -1.65. The van der Waals surface area contributed by atoms with Crippen LogP contribution in [0.15, 0.2) is 53.4 Å². The van der Waals surface area contributed by atoms with Crippen molar-refractivity contribution in [3.8, 4) is 0 Å². The molecule has 0 N–H and O–H groups in total. The van der Waals surface area contributed by atoms with Crippen LogP contribution < -0.4 is 0 Å². The predicted octanol–water partition coefficient (Wildman–Crippen LogP) is 4.04. The molecule has 0 saturated carbocycles. The van der Waals surface area contributed by atoms with Gasteiger partial charge in [0, 0.05) is 6.54 Å². The van der Waals surface area contributed by atoms with Gasteiger partial charge in [-0.25, -0.2) is 8.42 Å². The van der Waals surface area contributed by atoms with Crippen molar-refractivity contribution in [2.45, 2.75) is 44.0 Å². The van der Waals surface area contributed by atoms with E-state index in [9.17, 15) is 8.42 Å². The molecule has 23 heavy (non-hydrogen) atoms. The van der Waals surface area contributed by atoms with Gasteiger partial charge in [0.25, 0.3) is 0 Å². The lowest BCUT2D eigenvalue weighted by atomic mass is 9.86. The number of sulfonamides is 1. The molecule has 2 unspecified atom stereocenters. The maximum atomic E-state index is 12.6.